The van der Waals surface area contributed by atoms with E-state index in [0.29, 0.717) is 12.6 Å². The van der Waals surface area contributed by atoms with E-state index in [2.05, 4.69) is 22.7 Å². The van der Waals surface area contributed by atoms with Crippen molar-refractivity contribution in [3.05, 3.63) is 18.2 Å². The summed E-state index contributed by atoms with van der Waals surface area (Å²) >= 11 is 0. The Morgan fingerprint density at radius 1 is 1.62 bits per heavy atom. The Morgan fingerprint density at radius 2 is 2.46 bits per heavy atom. The third-order valence-electron chi connectivity index (χ3n) is 3.06. The van der Waals surface area contributed by atoms with Gasteiger partial charge in [0.2, 0.25) is 0 Å². The molecule has 0 saturated heterocycles. The lowest BCUT2D eigenvalue weighted by Gasteiger charge is -2.16. The van der Waals surface area contributed by atoms with Gasteiger partial charge in [0, 0.05) is 18.8 Å². The molecule has 0 amide bonds. The van der Waals surface area contributed by atoms with Crippen LogP contribution in [0.15, 0.2) is 12.5 Å². The van der Waals surface area contributed by atoms with Crippen molar-refractivity contribution < 1.29 is 0 Å². The van der Waals surface area contributed by atoms with Crippen LogP contribution < -0.4 is 5.73 Å². The van der Waals surface area contributed by atoms with Crippen LogP contribution in [0.4, 0.5) is 0 Å². The maximum absolute atomic E-state index is 5.52. The van der Waals surface area contributed by atoms with E-state index in [9.17, 15) is 0 Å². The highest BCUT2D eigenvalue weighted by molar-refractivity contribution is 4.98. The van der Waals surface area contributed by atoms with E-state index in [1.165, 1.54) is 19.3 Å². The van der Waals surface area contributed by atoms with Crippen LogP contribution in [-0.4, -0.2) is 9.55 Å². The fourth-order valence-corrected chi connectivity index (χ4v) is 2.24. The molecule has 0 bridgehead atoms. The standard InChI is InChI=1S/C10H17N3/c1-8-3-2-4-10(8)13-6-9(5-11)12-7-13/h6-8,10H,2-5,11H2,1H3. The summed E-state index contributed by atoms with van der Waals surface area (Å²) in [5.41, 5.74) is 6.52. The third-order valence-corrected chi connectivity index (χ3v) is 3.06. The monoisotopic (exact) mass is 179 g/mol. The number of hydrogen-bond donors (Lipinski definition) is 1. The van der Waals surface area contributed by atoms with Crippen LogP contribution in [0.5, 0.6) is 0 Å². The Kier molecular flexibility index (Phi) is 2.36. The summed E-state index contributed by atoms with van der Waals surface area (Å²) in [5.74, 6) is 0.792. The van der Waals surface area contributed by atoms with Crippen molar-refractivity contribution >= 4 is 0 Å². The molecule has 2 N–H and O–H groups in total. The van der Waals surface area contributed by atoms with Gasteiger partial charge in [0.05, 0.1) is 12.0 Å². The molecule has 1 aliphatic rings. The van der Waals surface area contributed by atoms with Gasteiger partial charge in [-0.25, -0.2) is 4.98 Å². The number of nitrogens with zero attached hydrogens (tertiary/aromatic N) is 2. The minimum absolute atomic E-state index is 0.550. The van der Waals surface area contributed by atoms with Gasteiger partial charge in [-0.05, 0) is 18.8 Å². The van der Waals surface area contributed by atoms with Crippen molar-refractivity contribution in [2.75, 3.05) is 0 Å². The smallest absolute Gasteiger partial charge is 0.0952 e. The topological polar surface area (TPSA) is 43.8 Å². The molecule has 1 heterocycles. The first-order valence-electron chi connectivity index (χ1n) is 5.03. The summed E-state index contributed by atoms with van der Waals surface area (Å²) in [6.45, 7) is 2.87. The van der Waals surface area contributed by atoms with E-state index in [-0.39, 0.29) is 0 Å². The van der Waals surface area contributed by atoms with Crippen molar-refractivity contribution in [2.45, 2.75) is 38.8 Å². The molecule has 0 aliphatic heterocycles. The summed E-state index contributed by atoms with van der Waals surface area (Å²) in [4.78, 5) is 4.25. The zero-order valence-corrected chi connectivity index (χ0v) is 8.11. The fourth-order valence-electron chi connectivity index (χ4n) is 2.24. The summed E-state index contributed by atoms with van der Waals surface area (Å²) < 4.78 is 2.24. The quantitative estimate of drug-likeness (QED) is 0.751. The third kappa shape index (κ3) is 1.61. The molecule has 1 fully saturated rings. The first-order chi connectivity index (χ1) is 6.31. The molecule has 13 heavy (non-hydrogen) atoms. The van der Waals surface area contributed by atoms with E-state index in [4.69, 9.17) is 5.73 Å². The number of hydrogen-bond acceptors (Lipinski definition) is 2. The van der Waals surface area contributed by atoms with Crippen LogP contribution in [0.25, 0.3) is 0 Å². The van der Waals surface area contributed by atoms with Crippen molar-refractivity contribution in [3.8, 4) is 0 Å². The zero-order valence-electron chi connectivity index (χ0n) is 8.11. The van der Waals surface area contributed by atoms with Gasteiger partial charge < -0.3 is 10.3 Å². The van der Waals surface area contributed by atoms with Gasteiger partial charge in [-0.1, -0.05) is 13.3 Å². The van der Waals surface area contributed by atoms with Gasteiger partial charge in [-0.15, -0.1) is 0 Å². The van der Waals surface area contributed by atoms with Gasteiger partial charge in [0.25, 0.3) is 0 Å². The molecular weight excluding hydrogens is 162 g/mol. The molecule has 0 spiro atoms. The Bertz CT molecular complexity index is 279. The van der Waals surface area contributed by atoms with Crippen molar-refractivity contribution in [1.29, 1.82) is 0 Å². The van der Waals surface area contributed by atoms with Crippen LogP contribution in [0.3, 0.4) is 0 Å². The van der Waals surface area contributed by atoms with Gasteiger partial charge >= 0.3 is 0 Å². The van der Waals surface area contributed by atoms with E-state index in [1.54, 1.807) is 0 Å². The predicted molar refractivity (Wildman–Crippen MR) is 52.2 cm³/mol. The van der Waals surface area contributed by atoms with Crippen molar-refractivity contribution in [1.82, 2.24) is 9.55 Å². The van der Waals surface area contributed by atoms with E-state index >= 15 is 0 Å². The highest BCUT2D eigenvalue weighted by Crippen LogP contribution is 2.34. The minimum atomic E-state index is 0.550. The highest BCUT2D eigenvalue weighted by atomic mass is 15.1. The molecule has 1 aromatic heterocycles. The second-order valence-corrected chi connectivity index (χ2v) is 3.99. The summed E-state index contributed by atoms with van der Waals surface area (Å²) in [6, 6.07) is 0.660. The second kappa shape index (κ2) is 3.50. The Morgan fingerprint density at radius 3 is 3.00 bits per heavy atom. The van der Waals surface area contributed by atoms with Crippen LogP contribution in [0.1, 0.15) is 37.9 Å². The molecule has 0 aromatic carbocycles. The number of rotatable bonds is 2. The molecular formula is C10H17N3. The van der Waals surface area contributed by atoms with Crippen LogP contribution in [0.2, 0.25) is 0 Å². The van der Waals surface area contributed by atoms with Crippen LogP contribution >= 0.6 is 0 Å². The number of aromatic nitrogens is 2. The SMILES string of the molecule is CC1CCCC1n1cnc(CN)c1. The number of nitrogens with two attached hydrogens (primary N) is 1. The van der Waals surface area contributed by atoms with Gasteiger partial charge in [-0.3, -0.25) is 0 Å². The molecule has 2 rings (SSSR count). The van der Waals surface area contributed by atoms with Crippen LogP contribution in [0, 0.1) is 5.92 Å². The molecule has 1 saturated carbocycles. The minimum Gasteiger partial charge on any atom is -0.334 e. The molecule has 3 nitrogen and oxygen atoms in total. The Balaban J connectivity index is 2.15. The van der Waals surface area contributed by atoms with E-state index in [1.807, 2.05) is 6.33 Å². The zero-order chi connectivity index (χ0) is 9.26. The normalized spacial score (nSPS) is 28.2. The maximum atomic E-state index is 5.52. The van der Waals surface area contributed by atoms with E-state index < -0.39 is 0 Å². The lowest BCUT2D eigenvalue weighted by molar-refractivity contribution is 0.407. The average molecular weight is 179 g/mol. The fraction of sp³-hybridized carbons (Fsp3) is 0.700. The lowest BCUT2D eigenvalue weighted by atomic mass is 10.1. The number of imidazole rings is 1. The summed E-state index contributed by atoms with van der Waals surface area (Å²) in [7, 11) is 0. The maximum Gasteiger partial charge on any atom is 0.0952 e. The molecule has 2 unspecified atom stereocenters. The van der Waals surface area contributed by atoms with Gasteiger partial charge in [0.15, 0.2) is 0 Å². The molecule has 0 radical (unpaired) electrons. The van der Waals surface area contributed by atoms with Crippen molar-refractivity contribution in [3.63, 3.8) is 0 Å². The van der Waals surface area contributed by atoms with E-state index in [0.717, 1.165) is 11.6 Å². The van der Waals surface area contributed by atoms with Crippen molar-refractivity contribution in [2.24, 2.45) is 11.7 Å². The van der Waals surface area contributed by atoms with Gasteiger partial charge in [0.1, 0.15) is 0 Å². The lowest BCUT2D eigenvalue weighted by Crippen LogP contribution is -2.09. The largest absolute Gasteiger partial charge is 0.334 e. The molecule has 3 heteroatoms. The Labute approximate surface area is 79.0 Å². The van der Waals surface area contributed by atoms with Gasteiger partial charge in [-0.2, -0.15) is 0 Å². The summed E-state index contributed by atoms with van der Waals surface area (Å²) in [5, 5.41) is 0. The molecule has 72 valence electrons. The average Bonchev–Trinajstić information content (AvgIpc) is 2.71. The highest BCUT2D eigenvalue weighted by Gasteiger charge is 2.24. The molecule has 2 atom stereocenters. The predicted octanol–water partition coefficient (Wildman–Crippen LogP) is 1.70. The first-order valence-corrected chi connectivity index (χ1v) is 5.03. The van der Waals surface area contributed by atoms with Crippen LogP contribution in [-0.2, 0) is 6.54 Å². The first kappa shape index (κ1) is 8.75. The molecule has 1 aliphatic carbocycles. The summed E-state index contributed by atoms with van der Waals surface area (Å²) in [6.07, 6.45) is 8.01. The molecule has 1 aromatic rings. The second-order valence-electron chi connectivity index (χ2n) is 3.99. The Hall–Kier alpha value is -0.830.